The molecule has 0 radical (unpaired) electrons. The Bertz CT molecular complexity index is 462. The monoisotopic (exact) mass is 190 g/mol. The molecular formula is C10H10N2O2. The van der Waals surface area contributed by atoms with E-state index < -0.39 is 0 Å². The molecule has 0 aliphatic heterocycles. The largest absolute Gasteiger partial charge is 0.462 e. The number of ether oxygens (including phenoxy) is 1. The van der Waals surface area contributed by atoms with Gasteiger partial charge in [0.2, 0.25) is 0 Å². The van der Waals surface area contributed by atoms with Crippen molar-refractivity contribution in [3.63, 3.8) is 0 Å². The predicted octanol–water partition coefficient (Wildman–Crippen LogP) is 1.74. The number of H-pyrrole nitrogens is 1. The lowest BCUT2D eigenvalue weighted by Crippen LogP contribution is -2.03. The van der Waals surface area contributed by atoms with Crippen molar-refractivity contribution >= 4 is 16.9 Å². The highest BCUT2D eigenvalue weighted by molar-refractivity contribution is 5.94. The molecule has 0 unspecified atom stereocenters. The van der Waals surface area contributed by atoms with Gasteiger partial charge in [0, 0.05) is 5.39 Å². The fourth-order valence-electron chi connectivity index (χ4n) is 1.28. The quantitative estimate of drug-likeness (QED) is 0.734. The second-order valence-electron chi connectivity index (χ2n) is 2.89. The number of hydrogen-bond donors (Lipinski definition) is 1. The number of fused-ring (bicyclic) bond motifs is 1. The summed E-state index contributed by atoms with van der Waals surface area (Å²) in [7, 11) is 0. The van der Waals surface area contributed by atoms with Crippen molar-refractivity contribution in [1.82, 2.24) is 10.2 Å². The Morgan fingerprint density at radius 2 is 2.43 bits per heavy atom. The van der Waals surface area contributed by atoms with Gasteiger partial charge in [0.1, 0.15) is 0 Å². The van der Waals surface area contributed by atoms with Crippen LogP contribution in [-0.4, -0.2) is 22.8 Å². The number of carbonyl (C=O) groups is 1. The first-order valence-corrected chi connectivity index (χ1v) is 4.41. The van der Waals surface area contributed by atoms with E-state index in [2.05, 4.69) is 10.2 Å². The summed E-state index contributed by atoms with van der Waals surface area (Å²) in [4.78, 5) is 11.4. The highest BCUT2D eigenvalue weighted by Crippen LogP contribution is 2.13. The fourth-order valence-corrected chi connectivity index (χ4v) is 1.28. The van der Waals surface area contributed by atoms with E-state index in [0.29, 0.717) is 12.2 Å². The van der Waals surface area contributed by atoms with Gasteiger partial charge in [-0.15, -0.1) is 0 Å². The summed E-state index contributed by atoms with van der Waals surface area (Å²) in [5.41, 5.74) is 1.39. The third kappa shape index (κ3) is 1.46. The van der Waals surface area contributed by atoms with Gasteiger partial charge in [0.25, 0.3) is 0 Å². The van der Waals surface area contributed by atoms with Gasteiger partial charge in [0.15, 0.2) is 0 Å². The van der Waals surface area contributed by atoms with Crippen molar-refractivity contribution in [3.8, 4) is 0 Å². The first-order chi connectivity index (χ1) is 6.81. The normalized spacial score (nSPS) is 10.4. The van der Waals surface area contributed by atoms with Gasteiger partial charge in [-0.1, -0.05) is 6.07 Å². The third-order valence-electron chi connectivity index (χ3n) is 1.95. The van der Waals surface area contributed by atoms with Crippen molar-refractivity contribution in [2.45, 2.75) is 6.92 Å². The molecule has 0 amide bonds. The molecule has 0 saturated carbocycles. The first kappa shape index (κ1) is 8.74. The van der Waals surface area contributed by atoms with Crippen LogP contribution in [0, 0.1) is 0 Å². The molecule has 0 spiro atoms. The van der Waals surface area contributed by atoms with Gasteiger partial charge in [0.05, 0.1) is 23.9 Å². The van der Waals surface area contributed by atoms with Crippen LogP contribution in [0.3, 0.4) is 0 Å². The highest BCUT2D eigenvalue weighted by Gasteiger charge is 2.06. The molecule has 1 N–H and O–H groups in total. The van der Waals surface area contributed by atoms with Crippen molar-refractivity contribution in [2.75, 3.05) is 6.61 Å². The molecule has 2 rings (SSSR count). The van der Waals surface area contributed by atoms with E-state index >= 15 is 0 Å². The van der Waals surface area contributed by atoms with Gasteiger partial charge in [-0.25, -0.2) is 4.79 Å². The summed E-state index contributed by atoms with van der Waals surface area (Å²) in [6, 6.07) is 5.31. The molecule has 0 fully saturated rings. The summed E-state index contributed by atoms with van der Waals surface area (Å²) in [5, 5.41) is 7.65. The lowest BCUT2D eigenvalue weighted by atomic mass is 10.2. The lowest BCUT2D eigenvalue weighted by Gasteiger charge is -2.00. The number of aromatic nitrogens is 2. The first-order valence-electron chi connectivity index (χ1n) is 4.41. The number of nitrogens with zero attached hydrogens (tertiary/aromatic N) is 1. The van der Waals surface area contributed by atoms with Crippen molar-refractivity contribution < 1.29 is 9.53 Å². The number of esters is 1. The zero-order valence-corrected chi connectivity index (χ0v) is 7.78. The van der Waals surface area contributed by atoms with Crippen molar-refractivity contribution in [2.24, 2.45) is 0 Å². The van der Waals surface area contributed by atoms with Crippen LogP contribution < -0.4 is 0 Å². The molecule has 0 bridgehead atoms. The number of carbonyl (C=O) groups excluding carboxylic acids is 1. The molecule has 72 valence electrons. The molecule has 1 aromatic carbocycles. The molecule has 2 aromatic rings. The number of nitrogens with one attached hydrogen (secondary N) is 1. The second-order valence-corrected chi connectivity index (χ2v) is 2.89. The van der Waals surface area contributed by atoms with Crippen LogP contribution >= 0.6 is 0 Å². The maximum absolute atomic E-state index is 11.4. The van der Waals surface area contributed by atoms with E-state index in [4.69, 9.17) is 4.74 Å². The molecule has 0 aliphatic rings. The molecule has 0 aliphatic carbocycles. The summed E-state index contributed by atoms with van der Waals surface area (Å²) in [6.45, 7) is 2.17. The van der Waals surface area contributed by atoms with Gasteiger partial charge in [-0.2, -0.15) is 5.10 Å². The van der Waals surface area contributed by atoms with Crippen LogP contribution in [0.1, 0.15) is 17.3 Å². The fraction of sp³-hybridized carbons (Fsp3) is 0.200. The molecule has 1 aromatic heterocycles. The minimum absolute atomic E-state index is 0.302. The average Bonchev–Trinajstić information content (AvgIpc) is 2.64. The van der Waals surface area contributed by atoms with Crippen molar-refractivity contribution in [3.05, 3.63) is 30.0 Å². The smallest absolute Gasteiger partial charge is 0.338 e. The molecule has 1 heterocycles. The summed E-state index contributed by atoms with van der Waals surface area (Å²) >= 11 is 0. The summed E-state index contributed by atoms with van der Waals surface area (Å²) < 4.78 is 4.88. The van der Waals surface area contributed by atoms with E-state index in [-0.39, 0.29) is 5.97 Å². The van der Waals surface area contributed by atoms with Crippen molar-refractivity contribution in [1.29, 1.82) is 0 Å². The summed E-state index contributed by atoms with van der Waals surface area (Å²) in [6.07, 6.45) is 1.71. The lowest BCUT2D eigenvalue weighted by molar-refractivity contribution is 0.0526. The van der Waals surface area contributed by atoms with E-state index in [1.807, 2.05) is 6.07 Å². The van der Waals surface area contributed by atoms with Gasteiger partial charge in [-0.05, 0) is 19.1 Å². The Morgan fingerprint density at radius 1 is 1.57 bits per heavy atom. The van der Waals surface area contributed by atoms with Crippen LogP contribution in [0.5, 0.6) is 0 Å². The number of rotatable bonds is 2. The molecule has 0 saturated heterocycles. The number of hydrogen-bond acceptors (Lipinski definition) is 3. The number of aromatic amines is 1. The Morgan fingerprint density at radius 3 is 3.21 bits per heavy atom. The zero-order chi connectivity index (χ0) is 9.97. The molecule has 14 heavy (non-hydrogen) atoms. The predicted molar refractivity (Wildman–Crippen MR) is 52.1 cm³/mol. The Kier molecular flexibility index (Phi) is 2.18. The van der Waals surface area contributed by atoms with Crippen LogP contribution in [0.15, 0.2) is 24.4 Å². The maximum atomic E-state index is 11.4. The molecule has 0 atom stereocenters. The van der Waals surface area contributed by atoms with Gasteiger partial charge >= 0.3 is 5.97 Å². The third-order valence-corrected chi connectivity index (χ3v) is 1.95. The van der Waals surface area contributed by atoms with Crippen LogP contribution in [0.25, 0.3) is 10.9 Å². The Hall–Kier alpha value is -1.84. The summed E-state index contributed by atoms with van der Waals surface area (Å²) in [5.74, 6) is -0.302. The van der Waals surface area contributed by atoms with Crippen LogP contribution in [0.2, 0.25) is 0 Å². The van der Waals surface area contributed by atoms with Gasteiger partial charge in [-0.3, -0.25) is 5.10 Å². The zero-order valence-electron chi connectivity index (χ0n) is 7.78. The maximum Gasteiger partial charge on any atom is 0.338 e. The number of benzene rings is 1. The van der Waals surface area contributed by atoms with E-state index in [0.717, 1.165) is 10.9 Å². The Labute approximate surface area is 80.9 Å². The SMILES string of the molecule is CCOC(=O)c1ccc2cn[nH]c2c1. The molecular weight excluding hydrogens is 180 g/mol. The minimum atomic E-state index is -0.302. The van der Waals surface area contributed by atoms with Crippen LogP contribution in [-0.2, 0) is 4.74 Å². The Balaban J connectivity index is 2.38. The van der Waals surface area contributed by atoms with E-state index in [1.54, 1.807) is 25.3 Å². The average molecular weight is 190 g/mol. The minimum Gasteiger partial charge on any atom is -0.462 e. The molecule has 4 nitrogen and oxygen atoms in total. The van der Waals surface area contributed by atoms with E-state index in [1.165, 1.54) is 0 Å². The standard InChI is InChI=1S/C10H10N2O2/c1-2-14-10(13)7-3-4-8-6-11-12-9(8)5-7/h3-6H,2H2,1H3,(H,11,12). The van der Waals surface area contributed by atoms with Crippen LogP contribution in [0.4, 0.5) is 0 Å². The topological polar surface area (TPSA) is 55.0 Å². The van der Waals surface area contributed by atoms with Gasteiger partial charge < -0.3 is 4.74 Å². The van der Waals surface area contributed by atoms with E-state index in [9.17, 15) is 4.79 Å². The second kappa shape index (κ2) is 3.49. The highest BCUT2D eigenvalue weighted by atomic mass is 16.5. The molecule has 4 heteroatoms.